The van der Waals surface area contributed by atoms with Crippen LogP contribution in [0.2, 0.25) is 0 Å². The Morgan fingerprint density at radius 1 is 1.04 bits per heavy atom. The zero-order valence-corrected chi connectivity index (χ0v) is 16.1. The molecule has 0 unspecified atom stereocenters. The first-order chi connectivity index (χ1) is 11.2. The highest BCUT2D eigenvalue weighted by atomic mass is 35.5. The lowest BCUT2D eigenvalue weighted by Gasteiger charge is -2.57. The Bertz CT molecular complexity index is 410. The fourth-order valence-electron chi connectivity index (χ4n) is 6.67. The van der Waals surface area contributed by atoms with Crippen LogP contribution in [0, 0.1) is 29.1 Å². The number of hydrogen-bond donors (Lipinski definition) is 1. The van der Waals surface area contributed by atoms with E-state index in [4.69, 9.17) is 0 Å². The molecule has 5 rings (SSSR count). The first kappa shape index (κ1) is 18.5. The van der Waals surface area contributed by atoms with Crippen molar-refractivity contribution in [2.45, 2.75) is 64.7 Å². The third kappa shape index (κ3) is 3.77. The topological polar surface area (TPSA) is 32.3 Å². The fourth-order valence-corrected chi connectivity index (χ4v) is 6.67. The number of hydrogen-bond acceptors (Lipinski definition) is 2. The molecule has 1 N–H and O–H groups in total. The van der Waals surface area contributed by atoms with E-state index < -0.39 is 0 Å². The summed E-state index contributed by atoms with van der Waals surface area (Å²) in [4.78, 5) is 15.1. The molecule has 1 aliphatic heterocycles. The van der Waals surface area contributed by atoms with Gasteiger partial charge in [-0.25, -0.2) is 0 Å². The Morgan fingerprint density at radius 3 is 2.08 bits per heavy atom. The van der Waals surface area contributed by atoms with Crippen molar-refractivity contribution in [2.24, 2.45) is 29.1 Å². The Hall–Kier alpha value is -0.280. The number of nitrogens with zero attached hydrogens (tertiary/aromatic N) is 1. The van der Waals surface area contributed by atoms with Crippen LogP contribution in [0.25, 0.3) is 0 Å². The van der Waals surface area contributed by atoms with Gasteiger partial charge in [-0.15, -0.1) is 12.4 Å². The fraction of sp³-hybridized carbons (Fsp3) is 0.950. The highest BCUT2D eigenvalue weighted by molar-refractivity contribution is 5.85. The minimum atomic E-state index is 0. The van der Waals surface area contributed by atoms with Crippen LogP contribution in [0.15, 0.2) is 0 Å². The molecular formula is C20H35ClN2O. The maximum Gasteiger partial charge on any atom is 0.223 e. The van der Waals surface area contributed by atoms with E-state index in [9.17, 15) is 4.79 Å². The van der Waals surface area contributed by atoms with Crippen LogP contribution < -0.4 is 5.32 Å². The van der Waals surface area contributed by atoms with E-state index in [1.54, 1.807) is 0 Å². The molecule has 4 bridgehead atoms. The van der Waals surface area contributed by atoms with Gasteiger partial charge in [-0.3, -0.25) is 4.79 Å². The maximum atomic E-state index is 12.9. The minimum absolute atomic E-state index is 0. The minimum Gasteiger partial charge on any atom is -0.343 e. The van der Waals surface area contributed by atoms with E-state index in [0.717, 1.165) is 56.3 Å². The van der Waals surface area contributed by atoms with Crippen molar-refractivity contribution < 1.29 is 4.79 Å². The number of rotatable bonds is 5. The van der Waals surface area contributed by atoms with Crippen LogP contribution >= 0.6 is 12.4 Å². The van der Waals surface area contributed by atoms with E-state index in [1.165, 1.54) is 51.4 Å². The number of likely N-dealkylation sites (tertiary alicyclic amines) is 1. The summed E-state index contributed by atoms with van der Waals surface area (Å²) in [6.07, 6.45) is 11.8. The number of carbonyl (C=O) groups excluding carboxylic acids is 1. The molecular weight excluding hydrogens is 320 g/mol. The molecule has 1 heterocycles. The van der Waals surface area contributed by atoms with Crippen molar-refractivity contribution in [1.82, 2.24) is 10.2 Å². The van der Waals surface area contributed by atoms with Gasteiger partial charge in [-0.05, 0) is 93.5 Å². The molecule has 24 heavy (non-hydrogen) atoms. The molecule has 1 saturated heterocycles. The summed E-state index contributed by atoms with van der Waals surface area (Å²) in [5.41, 5.74) is 0.409. The molecule has 5 fully saturated rings. The van der Waals surface area contributed by atoms with Gasteiger partial charge in [0.15, 0.2) is 0 Å². The van der Waals surface area contributed by atoms with Crippen LogP contribution in [-0.2, 0) is 4.79 Å². The van der Waals surface area contributed by atoms with Crippen molar-refractivity contribution in [3.8, 4) is 0 Å². The van der Waals surface area contributed by atoms with Gasteiger partial charge in [0, 0.05) is 19.5 Å². The Kier molecular flexibility index (Phi) is 5.81. The van der Waals surface area contributed by atoms with Gasteiger partial charge in [0.2, 0.25) is 5.91 Å². The zero-order valence-electron chi connectivity index (χ0n) is 15.3. The van der Waals surface area contributed by atoms with Gasteiger partial charge in [-0.2, -0.15) is 0 Å². The largest absolute Gasteiger partial charge is 0.343 e. The van der Waals surface area contributed by atoms with E-state index in [2.05, 4.69) is 17.1 Å². The molecule has 4 aliphatic carbocycles. The predicted octanol–water partition coefficient (Wildman–Crippen LogP) is 3.86. The summed E-state index contributed by atoms with van der Waals surface area (Å²) in [7, 11) is 0. The molecule has 0 radical (unpaired) electrons. The van der Waals surface area contributed by atoms with Crippen molar-refractivity contribution in [3.63, 3.8) is 0 Å². The summed E-state index contributed by atoms with van der Waals surface area (Å²) in [5, 5.41) is 3.46. The van der Waals surface area contributed by atoms with Gasteiger partial charge >= 0.3 is 0 Å². The third-order valence-corrected chi connectivity index (χ3v) is 7.34. The second-order valence-corrected chi connectivity index (χ2v) is 9.23. The summed E-state index contributed by atoms with van der Waals surface area (Å²) < 4.78 is 0. The quantitative estimate of drug-likeness (QED) is 0.813. The van der Waals surface area contributed by atoms with Gasteiger partial charge in [0.05, 0.1) is 0 Å². The first-order valence-electron chi connectivity index (χ1n) is 10.1. The van der Waals surface area contributed by atoms with E-state index in [0.29, 0.717) is 11.3 Å². The van der Waals surface area contributed by atoms with Crippen LogP contribution in [-0.4, -0.2) is 37.0 Å². The second kappa shape index (κ2) is 7.53. The predicted molar refractivity (Wildman–Crippen MR) is 100 cm³/mol. The number of piperidine rings is 1. The molecule has 4 heteroatoms. The molecule has 4 saturated carbocycles. The average Bonchev–Trinajstić information content (AvgIpc) is 2.51. The van der Waals surface area contributed by atoms with Gasteiger partial charge in [0.1, 0.15) is 0 Å². The molecule has 0 aromatic carbocycles. The molecule has 1 amide bonds. The Morgan fingerprint density at radius 2 is 1.58 bits per heavy atom. The van der Waals surface area contributed by atoms with Crippen molar-refractivity contribution >= 4 is 18.3 Å². The zero-order chi connectivity index (χ0) is 15.9. The summed E-state index contributed by atoms with van der Waals surface area (Å²) in [6, 6.07) is 0. The SMILES string of the molecule is CCNCC1CCN(C(=O)CC23CC4CC(CC(C4)C2)C3)CC1.Cl. The van der Waals surface area contributed by atoms with Crippen LogP contribution in [0.3, 0.4) is 0 Å². The number of halogens is 1. The number of amides is 1. The van der Waals surface area contributed by atoms with Gasteiger partial charge in [-0.1, -0.05) is 6.92 Å². The smallest absolute Gasteiger partial charge is 0.223 e. The van der Waals surface area contributed by atoms with Crippen molar-refractivity contribution in [3.05, 3.63) is 0 Å². The van der Waals surface area contributed by atoms with E-state index >= 15 is 0 Å². The lowest BCUT2D eigenvalue weighted by molar-refractivity contribution is -0.140. The summed E-state index contributed by atoms with van der Waals surface area (Å²) in [5.74, 6) is 4.13. The molecule has 0 spiro atoms. The normalized spacial score (nSPS) is 38.2. The Balaban J connectivity index is 0.00000169. The van der Waals surface area contributed by atoms with E-state index in [1.807, 2.05) is 0 Å². The maximum absolute atomic E-state index is 12.9. The average molecular weight is 355 g/mol. The highest BCUT2D eigenvalue weighted by Crippen LogP contribution is 2.61. The standard InChI is InChI=1S/C20H34N2O.ClH/c1-2-21-14-15-3-5-22(6-4-15)19(23)13-20-10-16-7-17(11-20)9-18(8-16)12-20;/h15-18,21H,2-14H2,1H3;1H. The molecule has 3 nitrogen and oxygen atoms in total. The molecule has 138 valence electrons. The van der Waals surface area contributed by atoms with Crippen molar-refractivity contribution in [2.75, 3.05) is 26.2 Å². The number of nitrogens with one attached hydrogen (secondary N) is 1. The molecule has 0 aromatic heterocycles. The highest BCUT2D eigenvalue weighted by Gasteiger charge is 2.51. The monoisotopic (exact) mass is 354 g/mol. The molecule has 0 atom stereocenters. The van der Waals surface area contributed by atoms with Crippen LogP contribution in [0.5, 0.6) is 0 Å². The molecule has 0 aromatic rings. The van der Waals surface area contributed by atoms with Crippen LogP contribution in [0.4, 0.5) is 0 Å². The van der Waals surface area contributed by atoms with Gasteiger partial charge in [0.25, 0.3) is 0 Å². The third-order valence-electron chi connectivity index (χ3n) is 7.34. The van der Waals surface area contributed by atoms with Gasteiger partial charge < -0.3 is 10.2 Å². The second-order valence-electron chi connectivity index (χ2n) is 9.23. The Labute approximate surface area is 153 Å². The summed E-state index contributed by atoms with van der Waals surface area (Å²) >= 11 is 0. The first-order valence-corrected chi connectivity index (χ1v) is 10.1. The summed E-state index contributed by atoms with van der Waals surface area (Å²) in [6.45, 7) is 6.37. The van der Waals surface area contributed by atoms with E-state index in [-0.39, 0.29) is 12.4 Å². The van der Waals surface area contributed by atoms with Crippen molar-refractivity contribution in [1.29, 1.82) is 0 Å². The number of carbonyl (C=O) groups is 1. The van der Waals surface area contributed by atoms with Crippen LogP contribution in [0.1, 0.15) is 64.7 Å². The lowest BCUT2D eigenvalue weighted by atomic mass is 9.49. The molecule has 5 aliphatic rings. The lowest BCUT2D eigenvalue weighted by Crippen LogP contribution is -2.49.